The van der Waals surface area contributed by atoms with Gasteiger partial charge in [-0.1, -0.05) is 24.6 Å². The third kappa shape index (κ3) is 6.67. The minimum absolute atomic E-state index is 0.0808. The highest BCUT2D eigenvalue weighted by atomic mass is 16.5. The molecule has 2 rings (SSSR count). The lowest BCUT2D eigenvalue weighted by molar-refractivity contribution is -0.135. The van der Waals surface area contributed by atoms with Crippen LogP contribution in [0, 0.1) is 5.92 Å². The van der Waals surface area contributed by atoms with Crippen molar-refractivity contribution in [1.82, 2.24) is 15.5 Å². The molecule has 1 aromatic carbocycles. The molecule has 7 heteroatoms. The van der Waals surface area contributed by atoms with Crippen molar-refractivity contribution < 1.29 is 19.1 Å². The summed E-state index contributed by atoms with van der Waals surface area (Å²) >= 11 is 0. The number of carbonyl (C=O) groups is 3. The Morgan fingerprint density at radius 3 is 2.67 bits per heavy atom. The van der Waals surface area contributed by atoms with Gasteiger partial charge in [0.2, 0.25) is 11.8 Å². The Bertz CT molecular complexity index is 635. The van der Waals surface area contributed by atoms with Gasteiger partial charge in [0.05, 0.1) is 6.61 Å². The summed E-state index contributed by atoms with van der Waals surface area (Å²) in [6, 6.07) is 8.89. The molecule has 2 unspecified atom stereocenters. The van der Waals surface area contributed by atoms with E-state index in [1.165, 1.54) is 0 Å². The smallest absolute Gasteiger partial charge is 0.251 e. The van der Waals surface area contributed by atoms with Gasteiger partial charge in [0.15, 0.2) is 0 Å². The lowest BCUT2D eigenvalue weighted by atomic mass is 9.96. The fourth-order valence-electron chi connectivity index (χ4n) is 3.22. The quantitative estimate of drug-likeness (QED) is 0.732. The van der Waals surface area contributed by atoms with Gasteiger partial charge in [-0.05, 0) is 25.0 Å². The van der Waals surface area contributed by atoms with E-state index in [-0.39, 0.29) is 36.1 Å². The minimum atomic E-state index is -0.347. The highest BCUT2D eigenvalue weighted by Gasteiger charge is 2.27. The standard InChI is InChI=1S/C20H29N3O4/c1-23-14-17(22-20(26)15-7-4-3-5-8-15)10-6-9-16(13-18(23)24)19(25)21-11-12-27-2/h3-5,7-8,16-17H,6,9-14H2,1-2H3,(H,21,25)(H,22,26). The van der Waals surface area contributed by atoms with E-state index in [2.05, 4.69) is 10.6 Å². The van der Waals surface area contributed by atoms with Gasteiger partial charge in [-0.2, -0.15) is 0 Å². The average Bonchev–Trinajstić information content (AvgIpc) is 2.73. The number of carbonyl (C=O) groups excluding carboxylic acids is 3. The summed E-state index contributed by atoms with van der Waals surface area (Å²) in [6.45, 7) is 1.32. The predicted molar refractivity (Wildman–Crippen MR) is 102 cm³/mol. The Morgan fingerprint density at radius 1 is 1.22 bits per heavy atom. The Labute approximate surface area is 160 Å². The average molecular weight is 375 g/mol. The molecule has 0 bridgehead atoms. The van der Waals surface area contributed by atoms with Crippen molar-refractivity contribution in [3.63, 3.8) is 0 Å². The van der Waals surface area contributed by atoms with Crippen LogP contribution in [0.3, 0.4) is 0 Å². The molecule has 0 spiro atoms. The third-order valence-electron chi connectivity index (χ3n) is 4.79. The van der Waals surface area contributed by atoms with Gasteiger partial charge < -0.3 is 20.3 Å². The van der Waals surface area contributed by atoms with Crippen LogP contribution in [0.1, 0.15) is 36.0 Å². The number of nitrogens with zero attached hydrogens (tertiary/aromatic N) is 1. The maximum Gasteiger partial charge on any atom is 0.251 e. The first-order valence-electron chi connectivity index (χ1n) is 9.37. The molecule has 7 nitrogen and oxygen atoms in total. The van der Waals surface area contributed by atoms with Crippen LogP contribution in [0.4, 0.5) is 0 Å². The Hall–Kier alpha value is -2.41. The monoisotopic (exact) mass is 375 g/mol. The summed E-state index contributed by atoms with van der Waals surface area (Å²) in [6.07, 6.45) is 2.30. The maximum absolute atomic E-state index is 12.5. The molecule has 2 atom stereocenters. The normalized spacial score (nSPS) is 21.0. The molecule has 1 aliphatic heterocycles. The van der Waals surface area contributed by atoms with Crippen molar-refractivity contribution in [1.29, 1.82) is 0 Å². The van der Waals surface area contributed by atoms with Gasteiger partial charge in [0.1, 0.15) is 0 Å². The number of likely N-dealkylation sites (N-methyl/N-ethyl adjacent to an activating group) is 1. The molecule has 0 radical (unpaired) electrons. The van der Waals surface area contributed by atoms with Gasteiger partial charge >= 0.3 is 0 Å². The highest BCUT2D eigenvalue weighted by molar-refractivity contribution is 5.94. The van der Waals surface area contributed by atoms with Gasteiger partial charge in [-0.25, -0.2) is 0 Å². The minimum Gasteiger partial charge on any atom is -0.383 e. The number of nitrogens with one attached hydrogen (secondary N) is 2. The summed E-state index contributed by atoms with van der Waals surface area (Å²) in [5.41, 5.74) is 0.599. The lowest BCUT2D eigenvalue weighted by Crippen LogP contribution is -2.44. The number of ether oxygens (including phenoxy) is 1. The van der Waals surface area contributed by atoms with Crippen LogP contribution in [0.2, 0.25) is 0 Å². The fraction of sp³-hybridized carbons (Fsp3) is 0.550. The van der Waals surface area contributed by atoms with E-state index in [4.69, 9.17) is 4.74 Å². The van der Waals surface area contributed by atoms with Crippen LogP contribution in [0.25, 0.3) is 0 Å². The molecule has 0 aliphatic carbocycles. The molecule has 1 aliphatic rings. The number of hydrogen-bond donors (Lipinski definition) is 2. The Morgan fingerprint density at radius 2 is 1.96 bits per heavy atom. The molecule has 3 amide bonds. The second-order valence-electron chi connectivity index (χ2n) is 6.93. The number of rotatable bonds is 6. The van der Waals surface area contributed by atoms with Crippen molar-refractivity contribution in [2.24, 2.45) is 5.92 Å². The molecule has 1 aromatic rings. The van der Waals surface area contributed by atoms with Gasteiger partial charge in [0, 0.05) is 51.2 Å². The Balaban J connectivity index is 1.96. The molecule has 0 saturated carbocycles. The molecule has 0 aromatic heterocycles. The highest BCUT2D eigenvalue weighted by Crippen LogP contribution is 2.19. The van der Waals surface area contributed by atoms with Crippen LogP contribution < -0.4 is 10.6 Å². The van der Waals surface area contributed by atoms with Crippen molar-refractivity contribution >= 4 is 17.7 Å². The summed E-state index contributed by atoms with van der Waals surface area (Å²) in [5, 5.41) is 5.84. The molecule has 1 fully saturated rings. The Kier molecular flexibility index (Phi) is 8.26. The zero-order valence-corrected chi connectivity index (χ0v) is 16.1. The number of benzene rings is 1. The fourth-order valence-corrected chi connectivity index (χ4v) is 3.22. The van der Waals surface area contributed by atoms with Crippen molar-refractivity contribution in [3.8, 4) is 0 Å². The summed E-state index contributed by atoms with van der Waals surface area (Å²) in [5.74, 6) is -0.682. The number of methoxy groups -OCH3 is 1. The first-order valence-corrected chi connectivity index (χ1v) is 9.37. The first kappa shape index (κ1) is 20.9. The summed E-state index contributed by atoms with van der Waals surface area (Å²) in [7, 11) is 3.30. The van der Waals surface area contributed by atoms with E-state index in [9.17, 15) is 14.4 Å². The van der Waals surface area contributed by atoms with Gasteiger partial charge in [-0.3, -0.25) is 14.4 Å². The van der Waals surface area contributed by atoms with Crippen molar-refractivity contribution in [2.45, 2.75) is 31.7 Å². The largest absolute Gasteiger partial charge is 0.383 e. The first-order chi connectivity index (χ1) is 13.0. The zero-order valence-electron chi connectivity index (χ0n) is 16.1. The van der Waals surface area contributed by atoms with E-state index in [1.807, 2.05) is 18.2 Å². The topological polar surface area (TPSA) is 87.7 Å². The van der Waals surface area contributed by atoms with Gasteiger partial charge in [0.25, 0.3) is 5.91 Å². The maximum atomic E-state index is 12.5. The molecule has 27 heavy (non-hydrogen) atoms. The van der Waals surface area contributed by atoms with E-state index in [1.54, 1.807) is 31.2 Å². The molecule has 148 valence electrons. The van der Waals surface area contributed by atoms with Crippen molar-refractivity contribution in [3.05, 3.63) is 35.9 Å². The predicted octanol–water partition coefficient (Wildman–Crippen LogP) is 1.20. The third-order valence-corrected chi connectivity index (χ3v) is 4.79. The molecule has 1 heterocycles. The molecule has 1 saturated heterocycles. The second-order valence-corrected chi connectivity index (χ2v) is 6.93. The van der Waals surface area contributed by atoms with E-state index in [0.29, 0.717) is 31.7 Å². The molecular weight excluding hydrogens is 346 g/mol. The van der Waals surface area contributed by atoms with Crippen LogP contribution in [-0.2, 0) is 14.3 Å². The lowest BCUT2D eigenvalue weighted by Gasteiger charge is -2.24. The van der Waals surface area contributed by atoms with Crippen LogP contribution in [0.15, 0.2) is 30.3 Å². The SMILES string of the molecule is COCCNC(=O)C1CCCC(NC(=O)c2ccccc2)CN(C)C(=O)C1. The van der Waals surface area contributed by atoms with E-state index >= 15 is 0 Å². The number of hydrogen-bond acceptors (Lipinski definition) is 4. The van der Waals surface area contributed by atoms with Crippen LogP contribution in [0.5, 0.6) is 0 Å². The molecule has 2 N–H and O–H groups in total. The number of amides is 3. The van der Waals surface area contributed by atoms with Crippen molar-refractivity contribution in [2.75, 3.05) is 33.9 Å². The van der Waals surface area contributed by atoms with E-state index in [0.717, 1.165) is 12.8 Å². The summed E-state index contributed by atoms with van der Waals surface area (Å²) in [4.78, 5) is 38.8. The zero-order chi connectivity index (χ0) is 19.6. The summed E-state index contributed by atoms with van der Waals surface area (Å²) < 4.78 is 4.94. The molecular formula is C20H29N3O4. The van der Waals surface area contributed by atoms with Gasteiger partial charge in [-0.15, -0.1) is 0 Å². The second kappa shape index (κ2) is 10.7. The van der Waals surface area contributed by atoms with Crippen LogP contribution in [-0.4, -0.2) is 62.5 Å². The van der Waals surface area contributed by atoms with Crippen LogP contribution >= 0.6 is 0 Å². The van der Waals surface area contributed by atoms with E-state index < -0.39 is 0 Å².